The highest BCUT2D eigenvalue weighted by Gasteiger charge is 2.46. The number of amides is 3. The summed E-state index contributed by atoms with van der Waals surface area (Å²) in [5, 5.41) is 4.07. The first-order valence-electron chi connectivity index (χ1n) is 10.9. The predicted molar refractivity (Wildman–Crippen MR) is 118 cm³/mol. The van der Waals surface area contributed by atoms with Crippen LogP contribution in [0.15, 0.2) is 53.1 Å². The van der Waals surface area contributed by atoms with Gasteiger partial charge in [0.25, 0.3) is 5.89 Å². The van der Waals surface area contributed by atoms with Gasteiger partial charge in [0.05, 0.1) is 12.6 Å². The molecule has 0 N–H and O–H groups in total. The van der Waals surface area contributed by atoms with E-state index >= 15 is 0 Å². The molecule has 1 aromatic heterocycles. The fraction of sp³-hybridized carbons (Fsp3) is 0.375. The Morgan fingerprint density at radius 3 is 2.69 bits per heavy atom. The molecule has 166 valence electrons. The maximum absolute atomic E-state index is 13.2. The standard InChI is InChI=1S/C24H27N4O4/c1-4-5-14-27-23(29)19-8-6-7-9-20(19)28(24(27)30)15-21-25-22(26-32-21)17-10-12-18(13-11-17)31-16(2)3/h6-13,16,19H,4-5,14-15H2,1-3H3/q+1. The van der Waals surface area contributed by atoms with Crippen LogP contribution in [-0.4, -0.2) is 49.9 Å². The van der Waals surface area contributed by atoms with E-state index in [9.17, 15) is 9.59 Å². The zero-order chi connectivity index (χ0) is 22.7. The quantitative estimate of drug-likeness (QED) is 0.583. The number of hydrogen-bond donors (Lipinski definition) is 0. The van der Waals surface area contributed by atoms with E-state index in [2.05, 4.69) is 10.1 Å². The lowest BCUT2D eigenvalue weighted by Gasteiger charge is -2.26. The minimum absolute atomic E-state index is 0.0912. The fourth-order valence-corrected chi connectivity index (χ4v) is 3.72. The van der Waals surface area contributed by atoms with Crippen LogP contribution in [0.4, 0.5) is 4.79 Å². The van der Waals surface area contributed by atoms with Gasteiger partial charge in [-0.1, -0.05) is 36.7 Å². The van der Waals surface area contributed by atoms with Gasteiger partial charge in [-0.25, -0.2) is 4.79 Å². The van der Waals surface area contributed by atoms with E-state index in [4.69, 9.17) is 9.26 Å². The van der Waals surface area contributed by atoms with Crippen molar-refractivity contribution >= 4 is 17.6 Å². The molecule has 0 bridgehead atoms. The molecule has 1 aromatic carbocycles. The van der Waals surface area contributed by atoms with Gasteiger partial charge in [0.15, 0.2) is 6.54 Å². The molecular weight excluding hydrogens is 408 g/mol. The second-order valence-corrected chi connectivity index (χ2v) is 8.06. The van der Waals surface area contributed by atoms with Crippen LogP contribution in [-0.2, 0) is 11.3 Å². The summed E-state index contributed by atoms with van der Waals surface area (Å²) in [6.45, 7) is 6.46. The van der Waals surface area contributed by atoms with Gasteiger partial charge >= 0.3 is 11.9 Å². The van der Waals surface area contributed by atoms with Crippen LogP contribution in [0.1, 0.15) is 39.5 Å². The first-order chi connectivity index (χ1) is 15.5. The zero-order valence-corrected chi connectivity index (χ0v) is 18.5. The van der Waals surface area contributed by atoms with Crippen molar-refractivity contribution in [2.24, 2.45) is 5.92 Å². The van der Waals surface area contributed by atoms with Gasteiger partial charge in [0.1, 0.15) is 17.4 Å². The van der Waals surface area contributed by atoms with E-state index < -0.39 is 5.92 Å². The lowest BCUT2D eigenvalue weighted by atomic mass is 9.94. The van der Waals surface area contributed by atoms with Gasteiger partial charge in [-0.2, -0.15) is 19.3 Å². The third-order valence-electron chi connectivity index (χ3n) is 5.29. The molecule has 0 fully saturated rings. The topological polar surface area (TPSA) is 88.5 Å². The minimum Gasteiger partial charge on any atom is -0.491 e. The van der Waals surface area contributed by atoms with Gasteiger partial charge in [0.2, 0.25) is 5.82 Å². The third-order valence-corrected chi connectivity index (χ3v) is 5.29. The number of imide groups is 1. The van der Waals surface area contributed by atoms with Crippen LogP contribution < -0.4 is 4.74 Å². The number of unbranched alkanes of at least 4 members (excludes halogenated alkanes) is 1. The lowest BCUT2D eigenvalue weighted by Crippen LogP contribution is -2.54. The Bertz CT molecular complexity index is 1100. The Balaban J connectivity index is 1.58. The second kappa shape index (κ2) is 9.30. The highest BCUT2D eigenvalue weighted by molar-refractivity contribution is 6.16. The molecule has 1 unspecified atom stereocenters. The molecule has 0 saturated heterocycles. The molecule has 8 nitrogen and oxygen atoms in total. The maximum Gasteiger partial charge on any atom is 0.501 e. The molecule has 2 aliphatic rings. The highest BCUT2D eigenvalue weighted by atomic mass is 16.5. The summed E-state index contributed by atoms with van der Waals surface area (Å²) in [4.78, 5) is 31.8. The van der Waals surface area contributed by atoms with E-state index in [1.807, 2.05) is 63.3 Å². The van der Waals surface area contributed by atoms with Gasteiger partial charge in [-0.05, 0) is 50.6 Å². The van der Waals surface area contributed by atoms with E-state index in [1.54, 1.807) is 10.7 Å². The lowest BCUT2D eigenvalue weighted by molar-refractivity contribution is -0.460. The second-order valence-electron chi connectivity index (χ2n) is 8.06. The number of nitrogens with zero attached hydrogens (tertiary/aromatic N) is 4. The molecule has 0 spiro atoms. The van der Waals surface area contributed by atoms with Crippen molar-refractivity contribution in [3.05, 3.63) is 54.5 Å². The van der Waals surface area contributed by atoms with Crippen LogP contribution in [0, 0.1) is 5.92 Å². The van der Waals surface area contributed by atoms with Crippen LogP contribution >= 0.6 is 0 Å². The van der Waals surface area contributed by atoms with Gasteiger partial charge < -0.3 is 9.26 Å². The number of hydrogen-bond acceptors (Lipinski definition) is 6. The van der Waals surface area contributed by atoms with E-state index in [1.165, 1.54) is 4.90 Å². The average molecular weight is 436 g/mol. The summed E-state index contributed by atoms with van der Waals surface area (Å²) in [5.74, 6) is 0.827. The first kappa shape index (κ1) is 21.7. The van der Waals surface area contributed by atoms with E-state index in [0.717, 1.165) is 24.2 Å². The van der Waals surface area contributed by atoms with Crippen molar-refractivity contribution < 1.29 is 23.4 Å². The molecule has 1 aliphatic heterocycles. The Hall–Kier alpha value is -3.55. The van der Waals surface area contributed by atoms with Crippen molar-refractivity contribution in [3.8, 4) is 17.1 Å². The Labute approximate surface area is 186 Å². The smallest absolute Gasteiger partial charge is 0.491 e. The number of urea groups is 1. The molecule has 2 heterocycles. The fourth-order valence-electron chi connectivity index (χ4n) is 3.72. The largest absolute Gasteiger partial charge is 0.501 e. The normalized spacial score (nSPS) is 18.0. The SMILES string of the molecule is CCCCN1C(=O)C2C=CC=CC2=[N+](Cc2nc(-c3ccc(OC(C)C)cc3)no2)C1=O. The van der Waals surface area contributed by atoms with Crippen LogP contribution in [0.25, 0.3) is 11.4 Å². The van der Waals surface area contributed by atoms with Crippen LogP contribution in [0.5, 0.6) is 5.75 Å². The van der Waals surface area contributed by atoms with Crippen molar-refractivity contribution in [3.63, 3.8) is 0 Å². The molecule has 2 aromatic rings. The van der Waals surface area contributed by atoms with Crippen molar-refractivity contribution in [1.82, 2.24) is 15.0 Å². The number of aromatic nitrogens is 2. The Kier molecular flexibility index (Phi) is 6.30. The van der Waals surface area contributed by atoms with Crippen LogP contribution in [0.2, 0.25) is 0 Å². The molecule has 0 radical (unpaired) electrons. The van der Waals surface area contributed by atoms with Gasteiger partial charge in [-0.15, -0.1) is 0 Å². The van der Waals surface area contributed by atoms with Crippen molar-refractivity contribution in [1.29, 1.82) is 0 Å². The molecule has 8 heteroatoms. The monoisotopic (exact) mass is 435 g/mol. The molecular formula is C24H27N4O4+. The van der Waals surface area contributed by atoms with Gasteiger partial charge in [0, 0.05) is 5.56 Å². The Morgan fingerprint density at radius 2 is 1.97 bits per heavy atom. The predicted octanol–water partition coefficient (Wildman–Crippen LogP) is 3.98. The third kappa shape index (κ3) is 4.39. The molecule has 1 atom stereocenters. The number of carbonyl (C=O) groups excluding carboxylic acids is 2. The molecule has 3 amide bonds. The molecule has 4 rings (SSSR count). The number of carbonyl (C=O) groups is 2. The van der Waals surface area contributed by atoms with E-state index in [-0.39, 0.29) is 24.6 Å². The number of benzene rings is 1. The highest BCUT2D eigenvalue weighted by Crippen LogP contribution is 2.23. The average Bonchev–Trinajstić information content (AvgIpc) is 3.25. The summed E-state index contributed by atoms with van der Waals surface area (Å²) >= 11 is 0. The van der Waals surface area contributed by atoms with Crippen molar-refractivity contribution in [2.45, 2.75) is 46.3 Å². The number of fused-ring (bicyclic) bond motifs is 1. The minimum atomic E-state index is -0.481. The van der Waals surface area contributed by atoms with E-state index in [0.29, 0.717) is 24.0 Å². The number of rotatable bonds is 8. The van der Waals surface area contributed by atoms with Crippen molar-refractivity contribution in [2.75, 3.05) is 6.54 Å². The Morgan fingerprint density at radius 1 is 1.19 bits per heavy atom. The molecule has 1 aliphatic carbocycles. The molecule has 0 saturated carbocycles. The summed E-state index contributed by atoms with van der Waals surface area (Å²) in [5.41, 5.74) is 1.41. The summed E-state index contributed by atoms with van der Waals surface area (Å²) in [6, 6.07) is 7.09. The number of allylic oxidation sites excluding steroid dienone is 3. The van der Waals surface area contributed by atoms with Gasteiger partial charge in [-0.3, -0.25) is 0 Å². The first-order valence-corrected chi connectivity index (χ1v) is 10.9. The summed E-state index contributed by atoms with van der Waals surface area (Å²) in [6.07, 6.45) is 9.00. The maximum atomic E-state index is 13.2. The summed E-state index contributed by atoms with van der Waals surface area (Å²) < 4.78 is 12.7. The number of ether oxygens (including phenoxy) is 1. The molecule has 32 heavy (non-hydrogen) atoms. The summed E-state index contributed by atoms with van der Waals surface area (Å²) in [7, 11) is 0. The van der Waals surface area contributed by atoms with Crippen LogP contribution in [0.3, 0.4) is 0 Å². The zero-order valence-electron chi connectivity index (χ0n) is 18.5.